The first-order valence-electron chi connectivity index (χ1n) is 8.41. The van der Waals surface area contributed by atoms with E-state index in [1.807, 2.05) is 31.2 Å². The Morgan fingerprint density at radius 1 is 1.15 bits per heavy atom. The summed E-state index contributed by atoms with van der Waals surface area (Å²) >= 11 is 3.32. The summed E-state index contributed by atoms with van der Waals surface area (Å²) in [4.78, 5) is 12.6. The number of nitrogens with one attached hydrogen (secondary N) is 1. The fourth-order valence-electron chi connectivity index (χ4n) is 2.64. The van der Waals surface area contributed by atoms with Gasteiger partial charge in [0, 0.05) is 4.47 Å². The number of benzene rings is 2. The van der Waals surface area contributed by atoms with Crippen LogP contribution >= 0.6 is 15.9 Å². The van der Waals surface area contributed by atoms with E-state index in [1.165, 1.54) is 0 Å². The van der Waals surface area contributed by atoms with Crippen LogP contribution in [0.2, 0.25) is 0 Å². The summed E-state index contributed by atoms with van der Waals surface area (Å²) in [5, 5.41) is 2.91. The topological polar surface area (TPSA) is 75.7 Å². The second-order valence-electron chi connectivity index (χ2n) is 6.05. The predicted molar refractivity (Wildman–Crippen MR) is 111 cm³/mol. The van der Waals surface area contributed by atoms with Gasteiger partial charge in [-0.05, 0) is 48.4 Å². The highest BCUT2D eigenvalue weighted by Crippen LogP contribution is 2.22. The third kappa shape index (κ3) is 5.97. The van der Waals surface area contributed by atoms with Crippen molar-refractivity contribution in [1.29, 1.82) is 0 Å². The molecule has 0 radical (unpaired) electrons. The SMILES string of the molecule is CCC(NC(=O)CN(c1ccc(Br)cc1)S(C)(=O)=O)c1ccc(OC)cc1. The molecular weight excluding hydrogens is 432 g/mol. The third-order valence-electron chi connectivity index (χ3n) is 4.06. The molecular formula is C19H23BrN2O4S. The van der Waals surface area contributed by atoms with Crippen LogP contribution in [0, 0.1) is 0 Å². The molecule has 6 nitrogen and oxygen atoms in total. The van der Waals surface area contributed by atoms with Crippen LogP contribution in [0.3, 0.4) is 0 Å². The minimum absolute atomic E-state index is 0.213. The van der Waals surface area contributed by atoms with E-state index >= 15 is 0 Å². The van der Waals surface area contributed by atoms with Gasteiger partial charge >= 0.3 is 0 Å². The lowest BCUT2D eigenvalue weighted by Crippen LogP contribution is -2.41. The molecule has 0 fully saturated rings. The number of hydrogen-bond donors (Lipinski definition) is 1. The summed E-state index contributed by atoms with van der Waals surface area (Å²) in [5.74, 6) is 0.365. The number of nitrogens with zero attached hydrogens (tertiary/aromatic N) is 1. The number of halogens is 1. The molecule has 0 bridgehead atoms. The van der Waals surface area contributed by atoms with Crippen molar-refractivity contribution in [2.45, 2.75) is 19.4 Å². The molecule has 0 aliphatic heterocycles. The average Bonchev–Trinajstić information content (AvgIpc) is 2.64. The summed E-state index contributed by atoms with van der Waals surface area (Å²) < 4.78 is 31.4. The van der Waals surface area contributed by atoms with Crippen molar-refractivity contribution in [2.24, 2.45) is 0 Å². The van der Waals surface area contributed by atoms with E-state index in [1.54, 1.807) is 31.4 Å². The number of rotatable bonds is 8. The van der Waals surface area contributed by atoms with Crippen molar-refractivity contribution in [3.05, 3.63) is 58.6 Å². The Labute approximate surface area is 168 Å². The maximum atomic E-state index is 12.6. The average molecular weight is 455 g/mol. The van der Waals surface area contributed by atoms with Crippen LogP contribution in [0.5, 0.6) is 5.75 Å². The van der Waals surface area contributed by atoms with E-state index in [0.717, 1.165) is 26.3 Å². The van der Waals surface area contributed by atoms with Crippen molar-refractivity contribution in [1.82, 2.24) is 5.32 Å². The van der Waals surface area contributed by atoms with Gasteiger partial charge in [0.25, 0.3) is 0 Å². The molecule has 0 saturated carbocycles. The van der Waals surface area contributed by atoms with E-state index < -0.39 is 10.0 Å². The van der Waals surface area contributed by atoms with Gasteiger partial charge in [0.05, 0.1) is 25.1 Å². The highest BCUT2D eigenvalue weighted by atomic mass is 79.9. The van der Waals surface area contributed by atoms with Crippen LogP contribution in [-0.2, 0) is 14.8 Å². The number of sulfonamides is 1. The molecule has 0 aromatic heterocycles. The van der Waals surface area contributed by atoms with Gasteiger partial charge in [0.2, 0.25) is 15.9 Å². The maximum Gasteiger partial charge on any atom is 0.241 e. The monoisotopic (exact) mass is 454 g/mol. The van der Waals surface area contributed by atoms with Crippen molar-refractivity contribution in [3.8, 4) is 5.75 Å². The lowest BCUT2D eigenvalue weighted by Gasteiger charge is -2.24. The van der Waals surface area contributed by atoms with Crippen LogP contribution < -0.4 is 14.4 Å². The molecule has 1 atom stereocenters. The number of carbonyl (C=O) groups excluding carboxylic acids is 1. The fourth-order valence-corrected chi connectivity index (χ4v) is 3.76. The lowest BCUT2D eigenvalue weighted by atomic mass is 10.0. The number of anilines is 1. The molecule has 2 aromatic carbocycles. The lowest BCUT2D eigenvalue weighted by molar-refractivity contribution is -0.120. The molecule has 8 heteroatoms. The molecule has 146 valence electrons. The van der Waals surface area contributed by atoms with Crippen LogP contribution in [0.25, 0.3) is 0 Å². The minimum atomic E-state index is -3.60. The molecule has 1 amide bonds. The standard InChI is InChI=1S/C19H23BrN2O4S/c1-4-18(14-5-11-17(26-2)12-6-14)21-19(23)13-22(27(3,24)25)16-9-7-15(20)8-10-16/h5-12,18H,4,13H2,1-3H3,(H,21,23). The quantitative estimate of drug-likeness (QED) is 0.661. The zero-order chi connectivity index (χ0) is 20.0. The largest absolute Gasteiger partial charge is 0.497 e. The molecule has 2 aromatic rings. The molecule has 1 N–H and O–H groups in total. The Hall–Kier alpha value is -2.06. The van der Waals surface area contributed by atoms with Gasteiger partial charge < -0.3 is 10.1 Å². The molecule has 0 heterocycles. The van der Waals surface area contributed by atoms with Gasteiger partial charge in [-0.15, -0.1) is 0 Å². The molecule has 0 saturated heterocycles. The van der Waals surface area contributed by atoms with E-state index in [0.29, 0.717) is 12.1 Å². The van der Waals surface area contributed by atoms with Gasteiger partial charge in [0.1, 0.15) is 12.3 Å². The maximum absolute atomic E-state index is 12.6. The van der Waals surface area contributed by atoms with Crippen molar-refractivity contribution in [3.63, 3.8) is 0 Å². The van der Waals surface area contributed by atoms with E-state index in [9.17, 15) is 13.2 Å². The molecule has 27 heavy (non-hydrogen) atoms. The number of ether oxygens (including phenoxy) is 1. The molecule has 0 aliphatic carbocycles. The van der Waals surface area contributed by atoms with Crippen LogP contribution in [-0.4, -0.2) is 34.2 Å². The van der Waals surface area contributed by atoms with Gasteiger partial charge in [0.15, 0.2) is 0 Å². The zero-order valence-electron chi connectivity index (χ0n) is 15.5. The Balaban J connectivity index is 2.15. The first-order valence-corrected chi connectivity index (χ1v) is 11.0. The Morgan fingerprint density at radius 3 is 2.22 bits per heavy atom. The van der Waals surface area contributed by atoms with E-state index in [4.69, 9.17) is 4.74 Å². The number of methoxy groups -OCH3 is 1. The van der Waals surface area contributed by atoms with Gasteiger partial charge in [-0.2, -0.15) is 0 Å². The summed E-state index contributed by atoms with van der Waals surface area (Å²) in [7, 11) is -2.01. The van der Waals surface area contributed by atoms with Crippen LogP contribution in [0.15, 0.2) is 53.0 Å². The summed E-state index contributed by atoms with van der Waals surface area (Å²) in [5.41, 5.74) is 1.37. The van der Waals surface area contributed by atoms with E-state index in [2.05, 4.69) is 21.2 Å². The highest BCUT2D eigenvalue weighted by molar-refractivity contribution is 9.10. The van der Waals surface area contributed by atoms with Crippen molar-refractivity contribution in [2.75, 3.05) is 24.2 Å². The minimum Gasteiger partial charge on any atom is -0.497 e. The van der Waals surface area contributed by atoms with Crippen molar-refractivity contribution < 1.29 is 17.9 Å². The molecule has 2 rings (SSSR count). The van der Waals surface area contributed by atoms with Gasteiger partial charge in [-0.1, -0.05) is 35.0 Å². The number of carbonyl (C=O) groups is 1. The Bertz CT molecular complexity index is 868. The number of hydrogen-bond acceptors (Lipinski definition) is 4. The van der Waals surface area contributed by atoms with Gasteiger partial charge in [-0.3, -0.25) is 9.10 Å². The Morgan fingerprint density at radius 2 is 1.74 bits per heavy atom. The summed E-state index contributed by atoms with van der Waals surface area (Å²) in [6, 6.07) is 14.0. The first-order chi connectivity index (χ1) is 12.7. The Kier molecular flexibility index (Phi) is 7.26. The predicted octanol–water partition coefficient (Wildman–Crippen LogP) is 3.49. The fraction of sp³-hybridized carbons (Fsp3) is 0.316. The van der Waals surface area contributed by atoms with Crippen LogP contribution in [0.1, 0.15) is 24.9 Å². The summed E-state index contributed by atoms with van der Waals surface area (Å²) in [6.45, 7) is 1.67. The second-order valence-corrected chi connectivity index (χ2v) is 8.87. The van der Waals surface area contributed by atoms with Crippen molar-refractivity contribution >= 4 is 37.5 Å². The third-order valence-corrected chi connectivity index (χ3v) is 5.73. The smallest absolute Gasteiger partial charge is 0.241 e. The second kappa shape index (κ2) is 9.23. The normalized spacial score (nSPS) is 12.3. The van der Waals surface area contributed by atoms with Gasteiger partial charge in [-0.25, -0.2) is 8.42 Å². The summed E-state index contributed by atoms with van der Waals surface area (Å²) in [6.07, 6.45) is 1.76. The number of amides is 1. The molecule has 1 unspecified atom stereocenters. The molecule has 0 spiro atoms. The van der Waals surface area contributed by atoms with E-state index in [-0.39, 0.29) is 18.5 Å². The first kappa shape index (κ1) is 21.2. The van der Waals surface area contributed by atoms with Crippen LogP contribution in [0.4, 0.5) is 5.69 Å². The zero-order valence-corrected chi connectivity index (χ0v) is 17.9. The highest BCUT2D eigenvalue weighted by Gasteiger charge is 2.22. The molecule has 0 aliphatic rings.